The van der Waals surface area contributed by atoms with Crippen LogP contribution in [0.4, 0.5) is 10.2 Å². The summed E-state index contributed by atoms with van der Waals surface area (Å²) in [7, 11) is 1.49. The van der Waals surface area contributed by atoms with Gasteiger partial charge in [-0.2, -0.15) is 0 Å². The molecule has 0 spiro atoms. The number of pyridine rings is 3. The number of anilines is 1. The summed E-state index contributed by atoms with van der Waals surface area (Å²) in [6.45, 7) is 0.997. The monoisotopic (exact) mass is 523 g/mol. The smallest absolute Gasteiger partial charge is 0.263 e. The average molecular weight is 524 g/mol. The van der Waals surface area contributed by atoms with Gasteiger partial charge in [-0.1, -0.05) is 0 Å². The second-order valence-corrected chi connectivity index (χ2v) is 10.3. The number of hydrogen-bond donors (Lipinski definition) is 3. The third-order valence-corrected chi connectivity index (χ3v) is 7.94. The summed E-state index contributed by atoms with van der Waals surface area (Å²) in [4.78, 5) is 24.6. The first kappa shape index (κ1) is 24.9. The molecule has 6 heterocycles. The Kier molecular flexibility index (Phi) is 6.58. The van der Waals surface area contributed by atoms with Crippen LogP contribution in [0.5, 0.6) is 11.6 Å². The van der Waals surface area contributed by atoms with E-state index in [2.05, 4.69) is 25.6 Å². The van der Waals surface area contributed by atoms with Crippen molar-refractivity contribution in [2.24, 2.45) is 5.92 Å². The number of ether oxygens (including phenoxy) is 3. The number of aliphatic hydroxyl groups excluding tert-OH is 1. The summed E-state index contributed by atoms with van der Waals surface area (Å²) in [5, 5.41) is 17.6. The van der Waals surface area contributed by atoms with Crippen molar-refractivity contribution in [2.45, 2.75) is 56.4 Å². The molecule has 0 radical (unpaired) electrons. The molecule has 4 aliphatic rings. The standard InChI is InChI=1S/C27H30FN5O5/c1-36-23-5-3-18-25(33-23)24(17(28)12-30-18)20(34)10-27-8-6-15(7-9-27)19(13-38-27)29-11-16-2-4-21-26(31-16)32-22(35)14-37-21/h2-5,12,15,19-20,29,34H,6-11,13-14H2,1H3,(H,31,32,35). The number of carbonyl (C=O) groups excluding carboxylic acids is 1. The molecule has 3 aromatic heterocycles. The number of halogens is 1. The van der Waals surface area contributed by atoms with Crippen molar-refractivity contribution in [1.82, 2.24) is 20.3 Å². The van der Waals surface area contributed by atoms with Crippen LogP contribution >= 0.6 is 0 Å². The number of methoxy groups -OCH3 is 1. The van der Waals surface area contributed by atoms with Gasteiger partial charge in [-0.25, -0.2) is 14.4 Å². The zero-order valence-corrected chi connectivity index (χ0v) is 21.1. The van der Waals surface area contributed by atoms with Crippen molar-refractivity contribution in [1.29, 1.82) is 0 Å². The maximum absolute atomic E-state index is 14.9. The minimum absolute atomic E-state index is 0.00144. The lowest BCUT2D eigenvalue weighted by molar-refractivity contribution is -0.118. The SMILES string of the molecule is COc1ccc2ncc(F)c(C(O)CC34CCC(CC3)C(NCc3ccc5c(n3)NC(=O)CO5)CO4)c2n1. The normalized spacial score (nSPS) is 25.3. The van der Waals surface area contributed by atoms with Crippen LogP contribution in [0.15, 0.2) is 30.5 Å². The molecule has 3 aliphatic heterocycles. The first-order valence-corrected chi connectivity index (χ1v) is 12.9. The summed E-state index contributed by atoms with van der Waals surface area (Å²) in [6.07, 6.45) is 3.76. The maximum atomic E-state index is 14.9. The summed E-state index contributed by atoms with van der Waals surface area (Å²) in [5.41, 5.74) is 1.17. The van der Waals surface area contributed by atoms with Crippen molar-refractivity contribution in [3.63, 3.8) is 0 Å². The van der Waals surface area contributed by atoms with Crippen LogP contribution in [0.1, 0.15) is 49.5 Å². The summed E-state index contributed by atoms with van der Waals surface area (Å²) in [5.74, 6) is 0.953. The lowest BCUT2D eigenvalue weighted by atomic mass is 9.74. The van der Waals surface area contributed by atoms with Crippen molar-refractivity contribution < 1.29 is 28.5 Å². The highest BCUT2D eigenvalue weighted by Crippen LogP contribution is 2.45. The zero-order chi connectivity index (χ0) is 26.3. The van der Waals surface area contributed by atoms with Gasteiger partial charge in [0.05, 0.1) is 42.8 Å². The fraction of sp³-hybridized carbons (Fsp3) is 0.481. The number of nitrogens with zero attached hydrogens (tertiary/aromatic N) is 3. The highest BCUT2D eigenvalue weighted by molar-refractivity contribution is 5.94. The third kappa shape index (κ3) is 4.77. The van der Waals surface area contributed by atoms with Crippen molar-refractivity contribution >= 4 is 22.8 Å². The molecule has 3 aromatic rings. The fourth-order valence-electron chi connectivity index (χ4n) is 5.87. The van der Waals surface area contributed by atoms with Crippen LogP contribution < -0.4 is 20.1 Å². The topological polar surface area (TPSA) is 128 Å². The van der Waals surface area contributed by atoms with Gasteiger partial charge in [0, 0.05) is 30.6 Å². The molecule has 7 rings (SSSR count). The Morgan fingerprint density at radius 1 is 1.26 bits per heavy atom. The van der Waals surface area contributed by atoms with E-state index in [9.17, 15) is 14.3 Å². The Bertz CT molecular complexity index is 1360. The molecule has 3 N–H and O–H groups in total. The van der Waals surface area contributed by atoms with Crippen molar-refractivity contribution in [3.05, 3.63) is 47.5 Å². The van der Waals surface area contributed by atoms with E-state index in [0.29, 0.717) is 47.6 Å². The molecule has 200 valence electrons. The molecule has 10 nitrogen and oxygen atoms in total. The molecule has 2 bridgehead atoms. The number of nitrogens with one attached hydrogen (secondary N) is 2. The van der Waals surface area contributed by atoms with Crippen LogP contribution in [0, 0.1) is 11.7 Å². The number of rotatable bonds is 7. The summed E-state index contributed by atoms with van der Waals surface area (Å²) >= 11 is 0. The van der Waals surface area contributed by atoms with Crippen LogP contribution in [0.3, 0.4) is 0 Å². The molecule has 1 amide bonds. The van der Waals surface area contributed by atoms with E-state index < -0.39 is 17.5 Å². The third-order valence-electron chi connectivity index (χ3n) is 7.94. The maximum Gasteiger partial charge on any atom is 0.263 e. The van der Waals surface area contributed by atoms with Gasteiger partial charge in [-0.3, -0.25) is 9.78 Å². The lowest BCUT2D eigenvalue weighted by Gasteiger charge is -2.37. The van der Waals surface area contributed by atoms with E-state index in [-0.39, 0.29) is 30.5 Å². The van der Waals surface area contributed by atoms with E-state index in [1.807, 2.05) is 12.1 Å². The molecule has 11 heteroatoms. The van der Waals surface area contributed by atoms with E-state index >= 15 is 0 Å². The van der Waals surface area contributed by atoms with Gasteiger partial charge in [-0.05, 0) is 49.8 Å². The highest BCUT2D eigenvalue weighted by Gasteiger charge is 2.44. The molecule has 2 unspecified atom stereocenters. The lowest BCUT2D eigenvalue weighted by Crippen LogP contribution is -2.38. The van der Waals surface area contributed by atoms with Gasteiger partial charge in [0.2, 0.25) is 5.88 Å². The van der Waals surface area contributed by atoms with Crippen molar-refractivity contribution in [3.8, 4) is 11.6 Å². The Labute approximate surface area is 218 Å². The Hall–Kier alpha value is -3.41. The molecule has 3 fully saturated rings. The second kappa shape index (κ2) is 10.0. The van der Waals surface area contributed by atoms with Gasteiger partial charge in [0.25, 0.3) is 5.91 Å². The molecule has 38 heavy (non-hydrogen) atoms. The number of hydrogen-bond acceptors (Lipinski definition) is 9. The van der Waals surface area contributed by atoms with Gasteiger partial charge in [0.1, 0.15) is 11.3 Å². The summed E-state index contributed by atoms with van der Waals surface area (Å²) < 4.78 is 32.0. The van der Waals surface area contributed by atoms with E-state index in [4.69, 9.17) is 14.2 Å². The molecule has 1 aliphatic carbocycles. The molecule has 1 saturated carbocycles. The largest absolute Gasteiger partial charge is 0.481 e. The molecule has 2 saturated heterocycles. The highest BCUT2D eigenvalue weighted by atomic mass is 19.1. The minimum Gasteiger partial charge on any atom is -0.481 e. The molecular weight excluding hydrogens is 493 g/mol. The Morgan fingerprint density at radius 2 is 2.11 bits per heavy atom. The first-order chi connectivity index (χ1) is 18.4. The van der Waals surface area contributed by atoms with Crippen molar-refractivity contribution in [2.75, 3.05) is 25.6 Å². The van der Waals surface area contributed by atoms with E-state index in [0.717, 1.165) is 37.6 Å². The predicted octanol–water partition coefficient (Wildman–Crippen LogP) is 3.04. The summed E-state index contributed by atoms with van der Waals surface area (Å²) in [6, 6.07) is 7.18. The van der Waals surface area contributed by atoms with Crippen LogP contribution in [0.25, 0.3) is 11.0 Å². The number of aromatic nitrogens is 3. The number of fused-ring (bicyclic) bond motifs is 6. The minimum atomic E-state index is -1.10. The Morgan fingerprint density at radius 3 is 2.92 bits per heavy atom. The zero-order valence-electron chi connectivity index (χ0n) is 21.1. The number of aliphatic hydroxyl groups is 1. The van der Waals surface area contributed by atoms with Crippen LogP contribution in [-0.4, -0.2) is 57.9 Å². The molecule has 2 atom stereocenters. The second-order valence-electron chi connectivity index (χ2n) is 10.3. The van der Waals surface area contributed by atoms with Crippen LogP contribution in [0.2, 0.25) is 0 Å². The number of amides is 1. The van der Waals surface area contributed by atoms with Crippen LogP contribution in [-0.2, 0) is 16.1 Å². The van der Waals surface area contributed by atoms with Gasteiger partial charge >= 0.3 is 0 Å². The molecule has 0 aromatic carbocycles. The fourth-order valence-corrected chi connectivity index (χ4v) is 5.87. The Balaban J connectivity index is 1.14. The van der Waals surface area contributed by atoms with Gasteiger partial charge in [0.15, 0.2) is 18.2 Å². The van der Waals surface area contributed by atoms with E-state index in [1.54, 1.807) is 12.1 Å². The first-order valence-electron chi connectivity index (χ1n) is 12.9. The number of carbonyl (C=O) groups is 1. The van der Waals surface area contributed by atoms with E-state index in [1.165, 1.54) is 7.11 Å². The van der Waals surface area contributed by atoms with Gasteiger partial charge < -0.3 is 30.0 Å². The predicted molar refractivity (Wildman–Crippen MR) is 135 cm³/mol. The quantitative estimate of drug-likeness (QED) is 0.428. The van der Waals surface area contributed by atoms with Gasteiger partial charge in [-0.15, -0.1) is 0 Å². The average Bonchev–Trinajstić information content (AvgIpc) is 3.20. The molecular formula is C27H30FN5O5.